The van der Waals surface area contributed by atoms with Crippen molar-refractivity contribution in [2.75, 3.05) is 5.32 Å². The number of anilines is 1. The summed E-state index contributed by atoms with van der Waals surface area (Å²) in [6.07, 6.45) is 3.32. The van der Waals surface area contributed by atoms with Crippen LogP contribution in [0.1, 0.15) is 22.9 Å². The molecule has 0 spiro atoms. The lowest BCUT2D eigenvalue weighted by atomic mass is 9.95. The van der Waals surface area contributed by atoms with E-state index in [0.29, 0.717) is 11.5 Å². The van der Waals surface area contributed by atoms with Gasteiger partial charge in [0.25, 0.3) is 0 Å². The number of rotatable bonds is 4. The van der Waals surface area contributed by atoms with Crippen LogP contribution in [0.4, 0.5) is 5.95 Å². The predicted octanol–water partition coefficient (Wildman–Crippen LogP) is 3.88. The van der Waals surface area contributed by atoms with E-state index in [-0.39, 0.29) is 11.5 Å². The van der Waals surface area contributed by atoms with E-state index in [9.17, 15) is 10.2 Å². The van der Waals surface area contributed by atoms with E-state index in [2.05, 4.69) is 20.3 Å². The van der Waals surface area contributed by atoms with E-state index in [1.807, 2.05) is 31.2 Å². The first kappa shape index (κ1) is 16.0. The van der Waals surface area contributed by atoms with Crippen molar-refractivity contribution in [1.82, 2.24) is 15.0 Å². The Balaban J connectivity index is 1.91. The molecule has 0 amide bonds. The SMILES string of the molecule is Cc1[nH]c2ccccc2c1C(Nc1ncccn1)c1ccc(O)cc1O. The summed E-state index contributed by atoms with van der Waals surface area (Å²) in [7, 11) is 0. The van der Waals surface area contributed by atoms with Gasteiger partial charge in [0.05, 0.1) is 6.04 Å². The predicted molar refractivity (Wildman–Crippen MR) is 100 cm³/mol. The van der Waals surface area contributed by atoms with Crippen LogP contribution >= 0.6 is 0 Å². The van der Waals surface area contributed by atoms with Crippen molar-refractivity contribution in [3.05, 3.63) is 77.7 Å². The maximum absolute atomic E-state index is 10.5. The third-order valence-corrected chi connectivity index (χ3v) is 4.40. The molecular formula is C20H18N4O2. The molecule has 0 radical (unpaired) electrons. The second-order valence-corrected chi connectivity index (χ2v) is 6.10. The Labute approximate surface area is 150 Å². The summed E-state index contributed by atoms with van der Waals surface area (Å²) in [6, 6.07) is 13.9. The zero-order valence-corrected chi connectivity index (χ0v) is 14.1. The van der Waals surface area contributed by atoms with Crippen LogP contribution in [0.3, 0.4) is 0 Å². The van der Waals surface area contributed by atoms with Crippen LogP contribution in [0.5, 0.6) is 11.5 Å². The molecule has 0 saturated heterocycles. The summed E-state index contributed by atoms with van der Waals surface area (Å²) in [5.41, 5.74) is 3.61. The molecule has 0 saturated carbocycles. The molecule has 0 bridgehead atoms. The Kier molecular flexibility index (Phi) is 3.93. The molecule has 0 aliphatic carbocycles. The molecule has 26 heavy (non-hydrogen) atoms. The van der Waals surface area contributed by atoms with Crippen LogP contribution < -0.4 is 5.32 Å². The molecule has 2 aromatic carbocycles. The highest BCUT2D eigenvalue weighted by atomic mass is 16.3. The number of para-hydroxylation sites is 1. The van der Waals surface area contributed by atoms with Gasteiger partial charge in [-0.2, -0.15) is 0 Å². The van der Waals surface area contributed by atoms with Gasteiger partial charge in [0.15, 0.2) is 0 Å². The van der Waals surface area contributed by atoms with Crippen molar-refractivity contribution in [1.29, 1.82) is 0 Å². The van der Waals surface area contributed by atoms with E-state index < -0.39 is 6.04 Å². The fourth-order valence-corrected chi connectivity index (χ4v) is 3.25. The first-order valence-electron chi connectivity index (χ1n) is 8.26. The van der Waals surface area contributed by atoms with Gasteiger partial charge in [-0.25, -0.2) is 9.97 Å². The summed E-state index contributed by atoms with van der Waals surface area (Å²) < 4.78 is 0. The smallest absolute Gasteiger partial charge is 0.223 e. The topological polar surface area (TPSA) is 94.1 Å². The van der Waals surface area contributed by atoms with Crippen molar-refractivity contribution in [2.24, 2.45) is 0 Å². The minimum atomic E-state index is -0.394. The van der Waals surface area contributed by atoms with Crippen LogP contribution in [-0.4, -0.2) is 25.2 Å². The van der Waals surface area contributed by atoms with Crippen molar-refractivity contribution >= 4 is 16.9 Å². The minimum absolute atomic E-state index is 0.00288. The number of hydrogen-bond acceptors (Lipinski definition) is 5. The van der Waals surface area contributed by atoms with E-state index in [4.69, 9.17) is 0 Å². The Bertz CT molecular complexity index is 1060. The Hall–Kier alpha value is -3.54. The lowest BCUT2D eigenvalue weighted by Gasteiger charge is -2.21. The van der Waals surface area contributed by atoms with Crippen LogP contribution in [0, 0.1) is 6.92 Å². The van der Waals surface area contributed by atoms with Gasteiger partial charge < -0.3 is 20.5 Å². The van der Waals surface area contributed by atoms with Gasteiger partial charge in [-0.15, -0.1) is 0 Å². The van der Waals surface area contributed by atoms with Crippen molar-refractivity contribution in [3.8, 4) is 11.5 Å². The van der Waals surface area contributed by atoms with Gasteiger partial charge in [-0.05, 0) is 31.2 Å². The number of aromatic nitrogens is 3. The molecule has 4 N–H and O–H groups in total. The Morgan fingerprint density at radius 1 is 1.00 bits per heavy atom. The second kappa shape index (κ2) is 6.40. The van der Waals surface area contributed by atoms with Crippen molar-refractivity contribution < 1.29 is 10.2 Å². The first-order chi connectivity index (χ1) is 12.6. The van der Waals surface area contributed by atoms with Gasteiger partial charge in [0, 0.05) is 46.2 Å². The first-order valence-corrected chi connectivity index (χ1v) is 8.26. The Morgan fingerprint density at radius 2 is 1.77 bits per heavy atom. The van der Waals surface area contributed by atoms with Gasteiger partial charge in [0.2, 0.25) is 5.95 Å². The maximum Gasteiger partial charge on any atom is 0.223 e. The van der Waals surface area contributed by atoms with Gasteiger partial charge >= 0.3 is 0 Å². The zero-order valence-electron chi connectivity index (χ0n) is 14.1. The van der Waals surface area contributed by atoms with Crippen LogP contribution in [0.25, 0.3) is 10.9 Å². The monoisotopic (exact) mass is 346 g/mol. The molecule has 0 fully saturated rings. The average molecular weight is 346 g/mol. The zero-order chi connectivity index (χ0) is 18.1. The van der Waals surface area contributed by atoms with E-state index >= 15 is 0 Å². The van der Waals surface area contributed by atoms with E-state index in [1.165, 1.54) is 6.07 Å². The largest absolute Gasteiger partial charge is 0.508 e. The lowest BCUT2D eigenvalue weighted by molar-refractivity contribution is 0.445. The summed E-state index contributed by atoms with van der Waals surface area (Å²) >= 11 is 0. The maximum atomic E-state index is 10.5. The average Bonchev–Trinajstić information content (AvgIpc) is 2.97. The molecule has 6 heteroatoms. The third kappa shape index (κ3) is 2.82. The molecule has 4 rings (SSSR count). The standard InChI is InChI=1S/C20H18N4O2/c1-12-18(14-5-2-3-6-16(14)23-12)19(24-20-21-9-4-10-22-20)15-8-7-13(25)11-17(15)26/h2-11,19,23,25-26H,1H3,(H,21,22,24). The molecule has 0 aliphatic heterocycles. The molecule has 130 valence electrons. The summed E-state index contributed by atoms with van der Waals surface area (Å²) in [5.74, 6) is 0.467. The number of aromatic hydroxyl groups is 2. The molecule has 2 aromatic heterocycles. The normalized spacial score (nSPS) is 12.2. The van der Waals surface area contributed by atoms with Gasteiger partial charge in [-0.1, -0.05) is 18.2 Å². The Morgan fingerprint density at radius 3 is 2.54 bits per heavy atom. The number of hydrogen-bond donors (Lipinski definition) is 4. The molecule has 1 atom stereocenters. The molecule has 0 aliphatic rings. The third-order valence-electron chi connectivity index (χ3n) is 4.40. The summed E-state index contributed by atoms with van der Waals surface area (Å²) in [6.45, 7) is 1.99. The molecule has 6 nitrogen and oxygen atoms in total. The highest BCUT2D eigenvalue weighted by Gasteiger charge is 2.24. The number of aromatic amines is 1. The quantitative estimate of drug-likeness (QED) is 0.450. The summed E-state index contributed by atoms with van der Waals surface area (Å²) in [4.78, 5) is 11.9. The molecule has 4 aromatic rings. The molecule has 1 unspecified atom stereocenters. The lowest BCUT2D eigenvalue weighted by Crippen LogP contribution is -2.15. The van der Waals surface area contributed by atoms with E-state index in [1.54, 1.807) is 30.6 Å². The van der Waals surface area contributed by atoms with Crippen LogP contribution in [0.2, 0.25) is 0 Å². The fourth-order valence-electron chi connectivity index (χ4n) is 3.25. The van der Waals surface area contributed by atoms with Crippen molar-refractivity contribution in [3.63, 3.8) is 0 Å². The molecular weight excluding hydrogens is 328 g/mol. The van der Waals surface area contributed by atoms with Crippen molar-refractivity contribution in [2.45, 2.75) is 13.0 Å². The second-order valence-electron chi connectivity index (χ2n) is 6.10. The number of phenolic OH excluding ortho intramolecular Hbond substituents is 2. The number of phenols is 2. The van der Waals surface area contributed by atoms with Gasteiger partial charge in [0.1, 0.15) is 11.5 Å². The highest BCUT2D eigenvalue weighted by Crippen LogP contribution is 2.38. The minimum Gasteiger partial charge on any atom is -0.508 e. The number of H-pyrrole nitrogens is 1. The number of benzene rings is 2. The summed E-state index contributed by atoms with van der Waals surface area (Å²) in [5, 5.41) is 24.5. The van der Waals surface area contributed by atoms with Crippen LogP contribution in [-0.2, 0) is 0 Å². The van der Waals surface area contributed by atoms with E-state index in [0.717, 1.165) is 22.2 Å². The van der Waals surface area contributed by atoms with Gasteiger partial charge in [-0.3, -0.25) is 0 Å². The fraction of sp³-hybridized carbons (Fsp3) is 0.100. The number of aryl methyl sites for hydroxylation is 1. The molecule has 2 heterocycles. The number of nitrogens with zero attached hydrogens (tertiary/aromatic N) is 2. The number of fused-ring (bicyclic) bond motifs is 1. The number of nitrogens with one attached hydrogen (secondary N) is 2. The highest BCUT2D eigenvalue weighted by molar-refractivity contribution is 5.86. The van der Waals surface area contributed by atoms with Crippen LogP contribution in [0.15, 0.2) is 60.9 Å².